The summed E-state index contributed by atoms with van der Waals surface area (Å²) in [4.78, 5) is 27.2. The van der Waals surface area contributed by atoms with Gasteiger partial charge in [0.15, 0.2) is 0 Å². The van der Waals surface area contributed by atoms with Crippen LogP contribution in [0.4, 0.5) is 21.0 Å². The van der Waals surface area contributed by atoms with Gasteiger partial charge in [-0.15, -0.1) is 0 Å². The van der Waals surface area contributed by atoms with Crippen molar-refractivity contribution in [2.24, 2.45) is 5.92 Å². The summed E-state index contributed by atoms with van der Waals surface area (Å²) in [6, 6.07) is 13.8. The molecule has 0 aromatic heterocycles. The van der Waals surface area contributed by atoms with Crippen LogP contribution in [0.2, 0.25) is 0 Å². The van der Waals surface area contributed by atoms with Gasteiger partial charge in [0.2, 0.25) is 0 Å². The molecule has 2 aromatic carbocycles. The smallest absolute Gasteiger partial charge is 0.411 e. The number of carbonyl (C=O) groups excluding carboxylic acids is 2. The molecular formula is C26H34BrN3O4. The van der Waals surface area contributed by atoms with Crippen LogP contribution in [0.25, 0.3) is 0 Å². The summed E-state index contributed by atoms with van der Waals surface area (Å²) >= 11 is 3.55. The van der Waals surface area contributed by atoms with E-state index in [0.717, 1.165) is 16.8 Å². The van der Waals surface area contributed by atoms with Crippen molar-refractivity contribution in [3.63, 3.8) is 0 Å². The molecule has 184 valence electrons. The molecule has 0 saturated carbocycles. The van der Waals surface area contributed by atoms with Crippen molar-refractivity contribution in [1.29, 1.82) is 0 Å². The van der Waals surface area contributed by atoms with Gasteiger partial charge in [-0.05, 0) is 72.3 Å². The number of benzene rings is 2. The molecular weight excluding hydrogens is 498 g/mol. The van der Waals surface area contributed by atoms with E-state index in [1.807, 2.05) is 65.0 Å². The second-order valence-electron chi connectivity index (χ2n) is 9.94. The lowest BCUT2D eigenvalue weighted by Gasteiger charge is -2.32. The molecule has 0 saturated heterocycles. The maximum absolute atomic E-state index is 13.2. The largest absolute Gasteiger partial charge is 0.449 e. The van der Waals surface area contributed by atoms with E-state index in [9.17, 15) is 9.59 Å². The number of carbonyl (C=O) groups is 2. The Morgan fingerprint density at radius 1 is 1.21 bits per heavy atom. The van der Waals surface area contributed by atoms with Crippen LogP contribution in [-0.4, -0.2) is 41.9 Å². The Labute approximate surface area is 210 Å². The van der Waals surface area contributed by atoms with Gasteiger partial charge in [0, 0.05) is 16.7 Å². The standard InChI is InChI=1S/C26H34BrN3O4/c1-17(2)16-33-24(31)29-23-13-22-19(12-21(23)27)15-30(25(32)34-26(3,4)5)20(14-28-22)11-18-9-7-6-8-10-18/h6-10,12-13,17,20,28H,11,14-16H2,1-5H3,(H,29,31). The highest BCUT2D eigenvalue weighted by molar-refractivity contribution is 9.10. The van der Waals surface area contributed by atoms with Gasteiger partial charge in [-0.25, -0.2) is 9.59 Å². The molecule has 34 heavy (non-hydrogen) atoms. The van der Waals surface area contributed by atoms with E-state index in [0.29, 0.717) is 36.3 Å². The first-order valence-corrected chi connectivity index (χ1v) is 12.3. The van der Waals surface area contributed by atoms with Crippen LogP contribution in [0.1, 0.15) is 45.7 Å². The van der Waals surface area contributed by atoms with Crippen molar-refractivity contribution in [2.75, 3.05) is 23.8 Å². The van der Waals surface area contributed by atoms with Crippen molar-refractivity contribution < 1.29 is 19.1 Å². The van der Waals surface area contributed by atoms with Gasteiger partial charge >= 0.3 is 12.2 Å². The highest BCUT2D eigenvalue weighted by Crippen LogP contribution is 2.33. The number of nitrogens with one attached hydrogen (secondary N) is 2. The molecule has 1 heterocycles. The Balaban J connectivity index is 1.85. The van der Waals surface area contributed by atoms with Crippen LogP contribution in [0, 0.1) is 5.92 Å². The van der Waals surface area contributed by atoms with E-state index in [2.05, 4.69) is 38.7 Å². The van der Waals surface area contributed by atoms with Crippen LogP contribution in [0.3, 0.4) is 0 Å². The number of nitrogens with zero attached hydrogens (tertiary/aromatic N) is 1. The van der Waals surface area contributed by atoms with Crippen LogP contribution < -0.4 is 10.6 Å². The Kier molecular flexibility index (Phi) is 8.47. The van der Waals surface area contributed by atoms with E-state index in [1.165, 1.54) is 0 Å². The minimum Gasteiger partial charge on any atom is -0.449 e. The Morgan fingerprint density at radius 3 is 2.56 bits per heavy atom. The second kappa shape index (κ2) is 11.1. The highest BCUT2D eigenvalue weighted by Gasteiger charge is 2.32. The monoisotopic (exact) mass is 531 g/mol. The van der Waals surface area contributed by atoms with Gasteiger partial charge in [-0.3, -0.25) is 10.2 Å². The number of rotatable bonds is 5. The predicted molar refractivity (Wildman–Crippen MR) is 138 cm³/mol. The lowest BCUT2D eigenvalue weighted by atomic mass is 10.0. The fourth-order valence-electron chi connectivity index (χ4n) is 3.65. The summed E-state index contributed by atoms with van der Waals surface area (Å²) in [5.41, 5.74) is 2.93. The molecule has 0 radical (unpaired) electrons. The summed E-state index contributed by atoms with van der Waals surface area (Å²) < 4.78 is 11.7. The zero-order valence-electron chi connectivity index (χ0n) is 20.5. The predicted octanol–water partition coefficient (Wildman–Crippen LogP) is 6.43. The summed E-state index contributed by atoms with van der Waals surface area (Å²) in [6.45, 7) is 10.8. The van der Waals surface area contributed by atoms with E-state index in [4.69, 9.17) is 9.47 Å². The van der Waals surface area contributed by atoms with E-state index >= 15 is 0 Å². The number of ether oxygens (including phenoxy) is 2. The maximum Gasteiger partial charge on any atom is 0.411 e. The molecule has 2 N–H and O–H groups in total. The van der Waals surface area contributed by atoms with Crippen molar-refractivity contribution in [1.82, 2.24) is 4.90 Å². The first kappa shape index (κ1) is 25.9. The van der Waals surface area contributed by atoms with E-state index in [-0.39, 0.29) is 18.1 Å². The summed E-state index contributed by atoms with van der Waals surface area (Å²) in [5.74, 6) is 0.253. The number of halogens is 1. The molecule has 1 unspecified atom stereocenters. The molecule has 0 spiro atoms. The fourth-order valence-corrected chi connectivity index (χ4v) is 4.14. The van der Waals surface area contributed by atoms with Crippen molar-refractivity contribution in [3.05, 3.63) is 58.1 Å². The van der Waals surface area contributed by atoms with Gasteiger partial charge in [-0.1, -0.05) is 44.2 Å². The SMILES string of the molecule is CC(C)COC(=O)Nc1cc2c(cc1Br)CN(C(=O)OC(C)(C)C)C(Cc1ccccc1)CN2. The number of anilines is 2. The molecule has 1 atom stereocenters. The number of hydrogen-bond donors (Lipinski definition) is 2. The third-order valence-corrected chi connectivity index (χ3v) is 5.89. The van der Waals surface area contributed by atoms with Gasteiger partial charge in [0.1, 0.15) is 5.60 Å². The minimum absolute atomic E-state index is 0.115. The van der Waals surface area contributed by atoms with Gasteiger partial charge < -0.3 is 14.8 Å². The topological polar surface area (TPSA) is 79.9 Å². The molecule has 0 bridgehead atoms. The molecule has 8 heteroatoms. The third-order valence-electron chi connectivity index (χ3n) is 5.23. The molecule has 1 aliphatic rings. The first-order valence-electron chi connectivity index (χ1n) is 11.6. The zero-order chi connectivity index (χ0) is 24.9. The molecule has 3 rings (SSSR count). The first-order chi connectivity index (χ1) is 16.0. The average Bonchev–Trinajstić information content (AvgIpc) is 2.91. The third kappa shape index (κ3) is 7.38. The van der Waals surface area contributed by atoms with Crippen LogP contribution in [0.15, 0.2) is 46.9 Å². The van der Waals surface area contributed by atoms with Crippen LogP contribution in [0.5, 0.6) is 0 Å². The lowest BCUT2D eigenvalue weighted by molar-refractivity contribution is 0.0156. The quantitative estimate of drug-likeness (QED) is 0.464. The van der Waals surface area contributed by atoms with Crippen LogP contribution in [-0.2, 0) is 22.4 Å². The maximum atomic E-state index is 13.2. The molecule has 2 aromatic rings. The number of fused-ring (bicyclic) bond motifs is 1. The van der Waals surface area contributed by atoms with Gasteiger partial charge in [-0.2, -0.15) is 0 Å². The Bertz CT molecular complexity index is 1010. The number of hydrogen-bond acceptors (Lipinski definition) is 5. The summed E-state index contributed by atoms with van der Waals surface area (Å²) in [7, 11) is 0. The fraction of sp³-hybridized carbons (Fsp3) is 0.462. The molecule has 2 amide bonds. The van der Waals surface area contributed by atoms with Crippen molar-refractivity contribution >= 4 is 39.5 Å². The molecule has 7 nitrogen and oxygen atoms in total. The number of amides is 2. The van der Waals surface area contributed by atoms with Gasteiger partial charge in [0.05, 0.1) is 24.9 Å². The molecule has 0 fully saturated rings. The normalized spacial score (nSPS) is 15.7. The van der Waals surface area contributed by atoms with Gasteiger partial charge in [0.25, 0.3) is 0 Å². The minimum atomic E-state index is -0.596. The zero-order valence-corrected chi connectivity index (χ0v) is 22.1. The second-order valence-corrected chi connectivity index (χ2v) is 10.8. The Morgan fingerprint density at radius 2 is 1.91 bits per heavy atom. The summed E-state index contributed by atoms with van der Waals surface area (Å²) in [5, 5.41) is 6.27. The highest BCUT2D eigenvalue weighted by atomic mass is 79.9. The molecule has 1 aliphatic heterocycles. The van der Waals surface area contributed by atoms with E-state index < -0.39 is 11.7 Å². The van der Waals surface area contributed by atoms with Crippen molar-refractivity contribution in [3.8, 4) is 0 Å². The lowest BCUT2D eigenvalue weighted by Crippen LogP contribution is -2.45. The average molecular weight is 532 g/mol. The van der Waals surface area contributed by atoms with Crippen molar-refractivity contribution in [2.45, 2.75) is 59.2 Å². The molecule has 0 aliphatic carbocycles. The van der Waals surface area contributed by atoms with Crippen LogP contribution >= 0.6 is 15.9 Å². The Hall–Kier alpha value is -2.74. The summed E-state index contributed by atoms with van der Waals surface area (Å²) in [6.07, 6.45) is -0.159. The van der Waals surface area contributed by atoms with E-state index in [1.54, 1.807) is 4.90 Å².